The van der Waals surface area contributed by atoms with Gasteiger partial charge in [-0.3, -0.25) is 0 Å². The van der Waals surface area contributed by atoms with E-state index in [2.05, 4.69) is 37.4 Å². The van der Waals surface area contributed by atoms with Crippen LogP contribution in [0.1, 0.15) is 62.1 Å². The van der Waals surface area contributed by atoms with Gasteiger partial charge in [-0.2, -0.15) is 13.2 Å². The predicted molar refractivity (Wildman–Crippen MR) is 88.5 cm³/mol. The molecule has 1 aromatic rings. The first kappa shape index (κ1) is 18.2. The number of rotatable bonds is 0. The van der Waals surface area contributed by atoms with Crippen molar-refractivity contribution in [1.82, 2.24) is 5.32 Å². The molecule has 1 fully saturated rings. The van der Waals surface area contributed by atoms with Gasteiger partial charge in [-0.15, -0.1) is 0 Å². The van der Waals surface area contributed by atoms with Gasteiger partial charge in [0, 0.05) is 6.54 Å². The second-order valence-corrected chi connectivity index (χ2v) is 7.95. The van der Waals surface area contributed by atoms with E-state index in [1.807, 2.05) is 0 Å². The number of hydrogen-bond acceptors (Lipinski definition) is 2. The summed E-state index contributed by atoms with van der Waals surface area (Å²) in [5.74, 6) is -1.94. The van der Waals surface area contributed by atoms with E-state index < -0.39 is 12.1 Å². The molecule has 0 bridgehead atoms. The molecule has 1 spiro atoms. The van der Waals surface area contributed by atoms with Gasteiger partial charge in [0.15, 0.2) is 0 Å². The highest BCUT2D eigenvalue weighted by Gasteiger charge is 2.58. The van der Waals surface area contributed by atoms with E-state index in [-0.39, 0.29) is 0 Å². The second-order valence-electron chi connectivity index (χ2n) is 7.95. The molecule has 138 valence electrons. The van der Waals surface area contributed by atoms with Crippen molar-refractivity contribution >= 4 is 5.97 Å². The van der Waals surface area contributed by atoms with Crippen molar-refractivity contribution in [2.75, 3.05) is 6.54 Å². The molecule has 1 unspecified atom stereocenters. The lowest BCUT2D eigenvalue weighted by Gasteiger charge is -2.45. The fourth-order valence-corrected chi connectivity index (χ4v) is 4.63. The number of hydrogen-bond donors (Lipinski definition) is 2. The number of halogens is 3. The number of carboxylic acid groups (broad SMARTS) is 1. The van der Waals surface area contributed by atoms with Gasteiger partial charge in [0.2, 0.25) is 0 Å². The smallest absolute Gasteiger partial charge is 0.475 e. The third-order valence-electron chi connectivity index (χ3n) is 6.32. The molecule has 0 aromatic heterocycles. The van der Waals surface area contributed by atoms with Crippen molar-refractivity contribution in [2.45, 2.75) is 63.6 Å². The van der Waals surface area contributed by atoms with Crippen LogP contribution < -0.4 is 5.32 Å². The van der Waals surface area contributed by atoms with Crippen molar-refractivity contribution in [3.8, 4) is 0 Å². The Labute approximate surface area is 145 Å². The third kappa shape index (κ3) is 3.16. The quantitative estimate of drug-likeness (QED) is 0.727. The molecule has 1 aliphatic heterocycles. The van der Waals surface area contributed by atoms with E-state index in [1.54, 1.807) is 16.7 Å². The number of aliphatic carboxylic acids is 1. The summed E-state index contributed by atoms with van der Waals surface area (Å²) in [4.78, 5) is 8.90. The minimum absolute atomic E-state index is 0.388. The number of alkyl halides is 3. The van der Waals surface area contributed by atoms with Gasteiger partial charge in [-0.1, -0.05) is 32.0 Å². The van der Waals surface area contributed by atoms with E-state index in [4.69, 9.17) is 9.90 Å². The van der Waals surface area contributed by atoms with Crippen LogP contribution in [-0.4, -0.2) is 23.8 Å². The molecule has 25 heavy (non-hydrogen) atoms. The van der Waals surface area contributed by atoms with Gasteiger partial charge in [0.25, 0.3) is 0 Å². The molecular formula is C19H24F3NO2. The van der Waals surface area contributed by atoms with E-state index >= 15 is 0 Å². The zero-order valence-electron chi connectivity index (χ0n) is 14.5. The van der Waals surface area contributed by atoms with Gasteiger partial charge in [-0.05, 0) is 65.7 Å². The normalized spacial score (nSPS) is 25.2. The molecule has 1 atom stereocenters. The zero-order valence-corrected chi connectivity index (χ0v) is 14.5. The lowest BCUT2D eigenvalue weighted by molar-refractivity contribution is -0.192. The lowest BCUT2D eigenvalue weighted by atomic mass is 9.59. The van der Waals surface area contributed by atoms with Gasteiger partial charge < -0.3 is 10.4 Å². The van der Waals surface area contributed by atoms with Crippen LogP contribution in [0.2, 0.25) is 0 Å². The Kier molecular flexibility index (Phi) is 4.38. The Morgan fingerprint density at radius 1 is 1.28 bits per heavy atom. The van der Waals surface area contributed by atoms with Gasteiger partial charge in [-0.25, -0.2) is 4.79 Å². The number of carboxylic acids is 1. The monoisotopic (exact) mass is 355 g/mol. The van der Waals surface area contributed by atoms with Gasteiger partial charge in [0.1, 0.15) is 0 Å². The molecule has 0 amide bonds. The molecule has 1 heterocycles. The Balaban J connectivity index is 0.000000225. The maximum absolute atomic E-state index is 10.6. The van der Waals surface area contributed by atoms with E-state index in [1.165, 1.54) is 32.2 Å². The minimum atomic E-state index is -5.08. The van der Waals surface area contributed by atoms with Crippen molar-refractivity contribution < 1.29 is 23.1 Å². The first-order valence-corrected chi connectivity index (χ1v) is 8.72. The minimum Gasteiger partial charge on any atom is -0.475 e. The molecule has 2 aliphatic carbocycles. The van der Waals surface area contributed by atoms with Crippen molar-refractivity contribution in [2.24, 2.45) is 5.41 Å². The first-order chi connectivity index (χ1) is 11.6. The maximum Gasteiger partial charge on any atom is 0.490 e. The van der Waals surface area contributed by atoms with Crippen LogP contribution in [0, 0.1) is 5.41 Å². The average Bonchev–Trinajstić information content (AvgIpc) is 3.31. The molecule has 0 saturated heterocycles. The Morgan fingerprint density at radius 2 is 1.92 bits per heavy atom. The summed E-state index contributed by atoms with van der Waals surface area (Å²) in [6.45, 7) is 7.24. The summed E-state index contributed by atoms with van der Waals surface area (Å²) in [5, 5.41) is 10.7. The van der Waals surface area contributed by atoms with E-state index in [0.29, 0.717) is 10.8 Å². The molecule has 4 rings (SSSR count). The molecule has 1 saturated carbocycles. The SMILES string of the molecule is CC1(C)c2cccc3c2C(CCNC3)CC12CC2.O=C(O)C(F)(F)F. The fourth-order valence-electron chi connectivity index (χ4n) is 4.63. The van der Waals surface area contributed by atoms with Crippen molar-refractivity contribution in [1.29, 1.82) is 0 Å². The highest BCUT2D eigenvalue weighted by Crippen LogP contribution is 2.67. The number of carbonyl (C=O) groups is 1. The van der Waals surface area contributed by atoms with Crippen LogP contribution in [0.25, 0.3) is 0 Å². The predicted octanol–water partition coefficient (Wildman–Crippen LogP) is 4.36. The van der Waals surface area contributed by atoms with Gasteiger partial charge >= 0.3 is 12.1 Å². The topological polar surface area (TPSA) is 49.3 Å². The van der Waals surface area contributed by atoms with Crippen LogP contribution in [0.15, 0.2) is 18.2 Å². The molecule has 0 radical (unpaired) electrons. The lowest BCUT2D eigenvalue weighted by Crippen LogP contribution is -2.37. The first-order valence-electron chi connectivity index (χ1n) is 8.72. The number of nitrogens with one attached hydrogen (secondary N) is 1. The summed E-state index contributed by atoms with van der Waals surface area (Å²) in [5.41, 5.74) is 5.97. The van der Waals surface area contributed by atoms with Crippen LogP contribution in [0.5, 0.6) is 0 Å². The summed E-state index contributed by atoms with van der Waals surface area (Å²) in [6.07, 6.45) is 0.592. The largest absolute Gasteiger partial charge is 0.490 e. The summed E-state index contributed by atoms with van der Waals surface area (Å²) >= 11 is 0. The van der Waals surface area contributed by atoms with E-state index in [9.17, 15) is 13.2 Å². The highest BCUT2D eigenvalue weighted by molar-refractivity contribution is 5.73. The Hall–Kier alpha value is -1.56. The second kappa shape index (κ2) is 6.01. The molecule has 1 aromatic carbocycles. The van der Waals surface area contributed by atoms with Crippen LogP contribution in [0.4, 0.5) is 13.2 Å². The molecule has 2 N–H and O–H groups in total. The standard InChI is InChI=1S/C17H23N.C2HF3O2/c1-16(2)14-5-3-4-13-11-18-9-6-12(15(13)14)10-17(16)7-8-17;3-2(4,5)1(6)7/h3-5,12,18H,6-11H2,1-2H3;(H,6,7). The van der Waals surface area contributed by atoms with Crippen LogP contribution in [-0.2, 0) is 16.8 Å². The summed E-state index contributed by atoms with van der Waals surface area (Å²) in [7, 11) is 0. The van der Waals surface area contributed by atoms with Gasteiger partial charge in [0.05, 0.1) is 0 Å². The Morgan fingerprint density at radius 3 is 2.48 bits per heavy atom. The molecular weight excluding hydrogens is 331 g/mol. The molecule has 6 heteroatoms. The number of benzene rings is 1. The maximum atomic E-state index is 10.6. The van der Waals surface area contributed by atoms with Crippen molar-refractivity contribution in [3.63, 3.8) is 0 Å². The van der Waals surface area contributed by atoms with Crippen molar-refractivity contribution in [3.05, 3.63) is 34.9 Å². The zero-order chi connectivity index (χ0) is 18.5. The third-order valence-corrected chi connectivity index (χ3v) is 6.32. The fraction of sp³-hybridized carbons (Fsp3) is 0.632. The van der Waals surface area contributed by atoms with Crippen LogP contribution >= 0.6 is 0 Å². The van der Waals surface area contributed by atoms with Crippen LogP contribution in [0.3, 0.4) is 0 Å². The summed E-state index contributed by atoms with van der Waals surface area (Å²) < 4.78 is 31.7. The summed E-state index contributed by atoms with van der Waals surface area (Å²) in [6, 6.07) is 7.03. The highest BCUT2D eigenvalue weighted by atomic mass is 19.4. The van der Waals surface area contributed by atoms with E-state index in [0.717, 1.165) is 12.5 Å². The average molecular weight is 355 g/mol. The molecule has 3 aliphatic rings. The Bertz CT molecular complexity index is 678. The molecule has 3 nitrogen and oxygen atoms in total.